The molecule has 0 saturated heterocycles. The van der Waals surface area contributed by atoms with Gasteiger partial charge in [0.15, 0.2) is 0 Å². The third-order valence-electron chi connectivity index (χ3n) is 3.03. The van der Waals surface area contributed by atoms with Crippen LogP contribution in [0.1, 0.15) is 31.2 Å². The lowest BCUT2D eigenvalue weighted by Crippen LogP contribution is -2.05. The summed E-state index contributed by atoms with van der Waals surface area (Å²) in [6, 6.07) is 5.44. The Morgan fingerprint density at radius 2 is 1.90 bits per heavy atom. The van der Waals surface area contributed by atoms with Crippen molar-refractivity contribution in [2.75, 3.05) is 12.4 Å². The SMILES string of the molecule is COc1cc(Nc2nc(C(C)C)nc(Cl)c2C)ccc1Cl. The van der Waals surface area contributed by atoms with Crippen LogP contribution >= 0.6 is 23.2 Å². The fraction of sp³-hybridized carbons (Fsp3) is 0.333. The summed E-state index contributed by atoms with van der Waals surface area (Å²) in [6.45, 7) is 5.92. The van der Waals surface area contributed by atoms with E-state index < -0.39 is 0 Å². The van der Waals surface area contributed by atoms with E-state index in [-0.39, 0.29) is 5.92 Å². The van der Waals surface area contributed by atoms with Crippen LogP contribution in [0.5, 0.6) is 5.75 Å². The lowest BCUT2D eigenvalue weighted by atomic mass is 10.2. The minimum Gasteiger partial charge on any atom is -0.495 e. The maximum Gasteiger partial charge on any atom is 0.139 e. The highest BCUT2D eigenvalue weighted by atomic mass is 35.5. The van der Waals surface area contributed by atoms with Gasteiger partial charge in [0, 0.05) is 23.2 Å². The fourth-order valence-electron chi connectivity index (χ4n) is 1.76. The van der Waals surface area contributed by atoms with Gasteiger partial charge in [0.1, 0.15) is 22.5 Å². The molecule has 0 amide bonds. The molecule has 1 aromatic heterocycles. The van der Waals surface area contributed by atoms with Gasteiger partial charge in [0.2, 0.25) is 0 Å². The van der Waals surface area contributed by atoms with Gasteiger partial charge < -0.3 is 10.1 Å². The first-order valence-corrected chi connectivity index (χ1v) is 7.32. The number of aromatic nitrogens is 2. The summed E-state index contributed by atoms with van der Waals surface area (Å²) in [5, 5.41) is 4.25. The van der Waals surface area contributed by atoms with Crippen LogP contribution in [-0.4, -0.2) is 17.1 Å². The van der Waals surface area contributed by atoms with Gasteiger partial charge in [-0.15, -0.1) is 0 Å². The first-order valence-electron chi connectivity index (χ1n) is 6.57. The molecular formula is C15H17Cl2N3O. The minimum atomic E-state index is 0.198. The summed E-state index contributed by atoms with van der Waals surface area (Å²) in [5.41, 5.74) is 1.62. The van der Waals surface area contributed by atoms with Crippen LogP contribution in [0.15, 0.2) is 18.2 Å². The Labute approximate surface area is 134 Å². The van der Waals surface area contributed by atoms with E-state index in [2.05, 4.69) is 15.3 Å². The molecule has 0 aliphatic heterocycles. The van der Waals surface area contributed by atoms with Crippen LogP contribution in [0.3, 0.4) is 0 Å². The van der Waals surface area contributed by atoms with Gasteiger partial charge in [-0.2, -0.15) is 0 Å². The third-order valence-corrected chi connectivity index (χ3v) is 3.71. The van der Waals surface area contributed by atoms with Crippen LogP contribution < -0.4 is 10.1 Å². The van der Waals surface area contributed by atoms with E-state index in [9.17, 15) is 0 Å². The van der Waals surface area contributed by atoms with Crippen molar-refractivity contribution in [3.63, 3.8) is 0 Å². The monoisotopic (exact) mass is 325 g/mol. The molecule has 6 heteroatoms. The number of hydrogen-bond donors (Lipinski definition) is 1. The second-order valence-corrected chi connectivity index (χ2v) is 5.74. The molecule has 0 bridgehead atoms. The Kier molecular flexibility index (Phi) is 4.91. The van der Waals surface area contributed by atoms with E-state index in [0.29, 0.717) is 27.6 Å². The number of rotatable bonds is 4. The molecule has 0 atom stereocenters. The first-order chi connectivity index (χ1) is 9.92. The molecule has 21 heavy (non-hydrogen) atoms. The highest BCUT2D eigenvalue weighted by Crippen LogP contribution is 2.30. The predicted molar refractivity (Wildman–Crippen MR) is 87.2 cm³/mol. The van der Waals surface area contributed by atoms with Gasteiger partial charge in [-0.25, -0.2) is 9.97 Å². The third kappa shape index (κ3) is 3.57. The van der Waals surface area contributed by atoms with Crippen LogP contribution in [0.2, 0.25) is 10.2 Å². The van der Waals surface area contributed by atoms with Gasteiger partial charge in [0.25, 0.3) is 0 Å². The average molecular weight is 326 g/mol. The van der Waals surface area contributed by atoms with Crippen molar-refractivity contribution in [3.05, 3.63) is 39.8 Å². The number of nitrogens with zero attached hydrogens (tertiary/aromatic N) is 2. The van der Waals surface area contributed by atoms with E-state index >= 15 is 0 Å². The van der Waals surface area contributed by atoms with E-state index in [4.69, 9.17) is 27.9 Å². The Balaban J connectivity index is 2.39. The Morgan fingerprint density at radius 1 is 1.19 bits per heavy atom. The number of ether oxygens (including phenoxy) is 1. The van der Waals surface area contributed by atoms with Gasteiger partial charge >= 0.3 is 0 Å². The molecule has 2 rings (SSSR count). The molecule has 0 saturated carbocycles. The van der Waals surface area contributed by atoms with Crippen molar-refractivity contribution < 1.29 is 4.74 Å². The van der Waals surface area contributed by atoms with Gasteiger partial charge in [-0.1, -0.05) is 37.0 Å². The van der Waals surface area contributed by atoms with E-state index in [1.165, 1.54) is 0 Å². The average Bonchev–Trinajstić information content (AvgIpc) is 2.45. The summed E-state index contributed by atoms with van der Waals surface area (Å²) in [6.07, 6.45) is 0. The molecule has 1 aromatic carbocycles. The highest BCUT2D eigenvalue weighted by Gasteiger charge is 2.12. The van der Waals surface area contributed by atoms with Gasteiger partial charge in [-0.05, 0) is 19.1 Å². The van der Waals surface area contributed by atoms with Crippen LogP contribution in [0.25, 0.3) is 0 Å². The summed E-state index contributed by atoms with van der Waals surface area (Å²) in [4.78, 5) is 8.82. The number of halogens is 2. The number of hydrogen-bond acceptors (Lipinski definition) is 4. The van der Waals surface area contributed by atoms with E-state index in [1.54, 1.807) is 13.2 Å². The molecule has 2 aromatic rings. The largest absolute Gasteiger partial charge is 0.495 e. The maximum atomic E-state index is 6.18. The summed E-state index contributed by atoms with van der Waals surface area (Å²) < 4.78 is 5.21. The Morgan fingerprint density at radius 3 is 2.52 bits per heavy atom. The minimum absolute atomic E-state index is 0.198. The van der Waals surface area contributed by atoms with Crippen LogP contribution in [0, 0.1) is 6.92 Å². The molecule has 1 N–H and O–H groups in total. The molecule has 4 nitrogen and oxygen atoms in total. The van der Waals surface area contributed by atoms with Crippen molar-refractivity contribution in [2.45, 2.75) is 26.7 Å². The molecule has 1 heterocycles. The lowest BCUT2D eigenvalue weighted by Gasteiger charge is -2.14. The Hall–Kier alpha value is -1.52. The summed E-state index contributed by atoms with van der Waals surface area (Å²) in [7, 11) is 1.58. The van der Waals surface area contributed by atoms with Crippen molar-refractivity contribution in [1.82, 2.24) is 9.97 Å². The molecule has 0 unspecified atom stereocenters. The molecule has 0 aliphatic rings. The Bertz CT molecular complexity index is 660. The number of benzene rings is 1. The maximum absolute atomic E-state index is 6.18. The summed E-state index contributed by atoms with van der Waals surface area (Å²) >= 11 is 12.2. The quantitative estimate of drug-likeness (QED) is 0.806. The fourth-order valence-corrected chi connectivity index (χ4v) is 2.13. The lowest BCUT2D eigenvalue weighted by molar-refractivity contribution is 0.415. The molecular weight excluding hydrogens is 309 g/mol. The topological polar surface area (TPSA) is 47.0 Å². The molecule has 0 radical (unpaired) electrons. The first kappa shape index (κ1) is 15.9. The smallest absolute Gasteiger partial charge is 0.139 e. The summed E-state index contributed by atoms with van der Waals surface area (Å²) in [5.74, 6) is 2.18. The zero-order chi connectivity index (χ0) is 15.6. The number of anilines is 2. The normalized spacial score (nSPS) is 10.8. The zero-order valence-electron chi connectivity index (χ0n) is 12.4. The van der Waals surface area contributed by atoms with Crippen molar-refractivity contribution in [3.8, 4) is 5.75 Å². The predicted octanol–water partition coefficient (Wildman–Crippen LogP) is 4.97. The van der Waals surface area contributed by atoms with Crippen LogP contribution in [-0.2, 0) is 0 Å². The van der Waals surface area contributed by atoms with Crippen molar-refractivity contribution in [1.29, 1.82) is 0 Å². The van der Waals surface area contributed by atoms with Crippen molar-refractivity contribution >= 4 is 34.7 Å². The highest BCUT2D eigenvalue weighted by molar-refractivity contribution is 6.32. The van der Waals surface area contributed by atoms with Gasteiger partial charge in [-0.3, -0.25) is 0 Å². The number of methoxy groups -OCH3 is 1. The molecule has 0 fully saturated rings. The standard InChI is InChI=1S/C15H17Cl2N3O/c1-8(2)14-19-13(17)9(3)15(20-14)18-10-5-6-11(16)12(7-10)21-4/h5-8H,1-4H3,(H,18,19,20). The van der Waals surface area contributed by atoms with E-state index in [0.717, 1.165) is 11.3 Å². The number of nitrogens with one attached hydrogen (secondary N) is 1. The molecule has 0 spiro atoms. The zero-order valence-corrected chi connectivity index (χ0v) is 13.9. The second kappa shape index (κ2) is 6.50. The van der Waals surface area contributed by atoms with Gasteiger partial charge in [0.05, 0.1) is 12.1 Å². The van der Waals surface area contributed by atoms with Crippen molar-refractivity contribution in [2.24, 2.45) is 0 Å². The second-order valence-electron chi connectivity index (χ2n) is 4.98. The molecule has 112 valence electrons. The van der Waals surface area contributed by atoms with Crippen LogP contribution in [0.4, 0.5) is 11.5 Å². The molecule has 0 aliphatic carbocycles. The van der Waals surface area contributed by atoms with E-state index in [1.807, 2.05) is 32.9 Å².